The highest BCUT2D eigenvalue weighted by atomic mass is 35.7. The molecule has 196 valence electrons. The highest BCUT2D eigenvalue weighted by Gasteiger charge is 2.35. The first-order valence-corrected chi connectivity index (χ1v) is 14.4. The predicted molar refractivity (Wildman–Crippen MR) is 139 cm³/mol. The Hall–Kier alpha value is -1.04. The second-order valence-electron chi connectivity index (χ2n) is 9.32. The Labute approximate surface area is 210 Å². The maximum atomic E-state index is 9.89. The van der Waals surface area contributed by atoms with Gasteiger partial charge in [0.25, 0.3) is 0 Å². The number of benzene rings is 1. The minimum atomic E-state index is -3.19. The van der Waals surface area contributed by atoms with E-state index in [1.807, 2.05) is 12.9 Å². The lowest BCUT2D eigenvalue weighted by Crippen LogP contribution is -2.36. The molecule has 1 aliphatic heterocycles. The van der Waals surface area contributed by atoms with Crippen molar-refractivity contribution in [2.24, 2.45) is 23.5 Å². The van der Waals surface area contributed by atoms with E-state index in [4.69, 9.17) is 19.9 Å². The molecule has 0 aliphatic carbocycles. The molecule has 0 unspecified atom stereocenters. The molecular weight excluding hydrogens is 479 g/mol. The molecule has 0 spiro atoms. The van der Waals surface area contributed by atoms with Crippen molar-refractivity contribution < 1.29 is 27.7 Å². The van der Waals surface area contributed by atoms with E-state index in [-0.39, 0.29) is 6.04 Å². The molecule has 1 aromatic carbocycles. The van der Waals surface area contributed by atoms with Crippen molar-refractivity contribution in [2.75, 3.05) is 46.8 Å². The zero-order chi connectivity index (χ0) is 25.9. The van der Waals surface area contributed by atoms with Gasteiger partial charge in [0.1, 0.15) is 0 Å². The van der Waals surface area contributed by atoms with Crippen molar-refractivity contribution in [3.05, 3.63) is 23.8 Å². The van der Waals surface area contributed by atoms with E-state index in [0.29, 0.717) is 31.0 Å². The van der Waals surface area contributed by atoms with Crippen LogP contribution in [0.4, 0.5) is 0 Å². The fraction of sp³-hybridized carbons (Fsp3) is 0.739. The molecule has 3 atom stereocenters. The van der Waals surface area contributed by atoms with Gasteiger partial charge < -0.3 is 29.8 Å². The van der Waals surface area contributed by atoms with Crippen LogP contribution in [0.5, 0.6) is 11.5 Å². The molecule has 1 aliphatic rings. The number of rotatable bonds is 12. The van der Waals surface area contributed by atoms with Crippen LogP contribution in [0.15, 0.2) is 18.2 Å². The van der Waals surface area contributed by atoms with Gasteiger partial charge in [0.05, 0.1) is 20.0 Å². The molecule has 0 amide bonds. The molecule has 2 rings (SSSR count). The maximum Gasteiger partial charge on any atom is 0.376 e. The number of ether oxygens (including phenoxy) is 3. The number of halogens is 1. The number of hydrogen-bond acceptors (Lipinski definition) is 8. The third-order valence-electron chi connectivity index (χ3n) is 6.07. The Morgan fingerprint density at radius 1 is 1.24 bits per heavy atom. The Bertz CT molecular complexity index is 820. The van der Waals surface area contributed by atoms with E-state index in [1.54, 1.807) is 14.2 Å². The summed E-state index contributed by atoms with van der Waals surface area (Å²) in [5.41, 5.74) is 7.65. The molecule has 0 bridgehead atoms. The normalized spacial score (nSPS) is 19.5. The van der Waals surface area contributed by atoms with Gasteiger partial charge in [-0.05, 0) is 61.7 Å². The molecule has 0 aromatic heterocycles. The third kappa shape index (κ3) is 12.1. The summed E-state index contributed by atoms with van der Waals surface area (Å²) in [6.07, 6.45) is 3.82. The minimum absolute atomic E-state index is 0.126. The van der Waals surface area contributed by atoms with Crippen molar-refractivity contribution >= 4 is 26.8 Å². The Kier molecular flexibility index (Phi) is 13.8. The van der Waals surface area contributed by atoms with E-state index >= 15 is 0 Å². The van der Waals surface area contributed by atoms with Crippen molar-refractivity contribution in [3.8, 4) is 11.5 Å². The summed E-state index contributed by atoms with van der Waals surface area (Å²) in [6.45, 7) is 9.32. The van der Waals surface area contributed by atoms with Crippen LogP contribution in [0.1, 0.15) is 32.3 Å². The first kappa shape index (κ1) is 31.0. The number of nitrogens with zero attached hydrogens (tertiary/aromatic N) is 1. The van der Waals surface area contributed by atoms with E-state index in [0.717, 1.165) is 50.1 Å². The first-order valence-electron chi connectivity index (χ1n) is 11.7. The van der Waals surface area contributed by atoms with Gasteiger partial charge in [0.15, 0.2) is 11.5 Å². The highest BCUT2D eigenvalue weighted by Crippen LogP contribution is 2.33. The summed E-state index contributed by atoms with van der Waals surface area (Å²) in [6, 6.07) is 6.36. The van der Waals surface area contributed by atoms with Gasteiger partial charge in [-0.2, -0.15) is 0 Å². The van der Waals surface area contributed by atoms with Gasteiger partial charge in [-0.25, -0.2) is 8.42 Å². The molecule has 1 aromatic rings. The van der Waals surface area contributed by atoms with E-state index in [1.165, 1.54) is 5.56 Å². The second-order valence-corrected chi connectivity index (χ2v) is 12.4. The molecular formula is C23H42BClN2O6S. The van der Waals surface area contributed by atoms with E-state index in [9.17, 15) is 13.4 Å². The first-order chi connectivity index (χ1) is 15.8. The molecule has 0 saturated carbocycles. The van der Waals surface area contributed by atoms with Gasteiger partial charge >= 0.3 is 7.05 Å². The molecule has 1 saturated heterocycles. The molecule has 1 fully saturated rings. The highest BCUT2D eigenvalue weighted by molar-refractivity contribution is 8.13. The zero-order valence-corrected chi connectivity index (χ0v) is 22.9. The number of methoxy groups -OCH3 is 2. The molecule has 8 nitrogen and oxygen atoms in total. The summed E-state index contributed by atoms with van der Waals surface area (Å²) in [5, 5.41) is 9.89. The quantitative estimate of drug-likeness (QED) is 0.246. The number of hydrogen-bond donors (Lipinski definition) is 2. The molecule has 3 N–H and O–H groups in total. The van der Waals surface area contributed by atoms with Crippen molar-refractivity contribution in [1.82, 2.24) is 4.81 Å². The van der Waals surface area contributed by atoms with Gasteiger partial charge in [0.2, 0.25) is 9.05 Å². The molecule has 34 heavy (non-hydrogen) atoms. The Morgan fingerprint density at radius 2 is 1.88 bits per heavy atom. The SMILES string of the molecule is COCCCOc1cc(C[C@@H](C[C@@H]2CN(B(C)O)C[C@H]2N)C(C)C)ccc1OC.CS(=O)(=O)Cl. The fourth-order valence-corrected chi connectivity index (χ4v) is 4.11. The lowest BCUT2D eigenvalue weighted by Gasteiger charge is -2.26. The third-order valence-corrected chi connectivity index (χ3v) is 6.07. The van der Waals surface area contributed by atoms with Crippen LogP contribution in [-0.4, -0.2) is 78.1 Å². The largest absolute Gasteiger partial charge is 0.493 e. The van der Waals surface area contributed by atoms with Gasteiger partial charge in [-0.15, -0.1) is 0 Å². The van der Waals surface area contributed by atoms with Crippen LogP contribution in [0.3, 0.4) is 0 Å². The summed E-state index contributed by atoms with van der Waals surface area (Å²) >= 11 is 0. The zero-order valence-electron chi connectivity index (χ0n) is 21.4. The maximum absolute atomic E-state index is 9.89. The van der Waals surface area contributed by atoms with Gasteiger partial charge in [0, 0.05) is 43.4 Å². The van der Waals surface area contributed by atoms with E-state index < -0.39 is 16.1 Å². The van der Waals surface area contributed by atoms with Gasteiger partial charge in [-0.1, -0.05) is 19.9 Å². The summed E-state index contributed by atoms with van der Waals surface area (Å²) in [4.78, 5) is 2.08. The minimum Gasteiger partial charge on any atom is -0.493 e. The molecule has 0 radical (unpaired) electrons. The monoisotopic (exact) mass is 520 g/mol. The Balaban J connectivity index is 0.00000104. The second kappa shape index (κ2) is 15.2. The van der Waals surface area contributed by atoms with Crippen LogP contribution in [0, 0.1) is 17.8 Å². The van der Waals surface area contributed by atoms with Crippen LogP contribution >= 0.6 is 10.7 Å². The Morgan fingerprint density at radius 3 is 2.38 bits per heavy atom. The lowest BCUT2D eigenvalue weighted by molar-refractivity contribution is 0.170. The van der Waals surface area contributed by atoms with Crippen LogP contribution in [0.2, 0.25) is 6.82 Å². The fourth-order valence-electron chi connectivity index (χ4n) is 4.11. The van der Waals surface area contributed by atoms with Crippen LogP contribution in [0.25, 0.3) is 0 Å². The van der Waals surface area contributed by atoms with E-state index in [2.05, 4.69) is 41.5 Å². The summed E-state index contributed by atoms with van der Waals surface area (Å²) in [5.74, 6) is 3.05. The smallest absolute Gasteiger partial charge is 0.376 e. The average molecular weight is 521 g/mol. The van der Waals surface area contributed by atoms with Crippen LogP contribution < -0.4 is 15.2 Å². The number of nitrogens with two attached hydrogens (primary N) is 1. The lowest BCUT2D eigenvalue weighted by atomic mass is 9.80. The predicted octanol–water partition coefficient (Wildman–Crippen LogP) is 2.87. The summed E-state index contributed by atoms with van der Waals surface area (Å²) in [7, 11) is 4.25. The van der Waals surface area contributed by atoms with Gasteiger partial charge in [-0.3, -0.25) is 0 Å². The topological polar surface area (TPSA) is 111 Å². The van der Waals surface area contributed by atoms with Crippen molar-refractivity contribution in [2.45, 2.75) is 46.0 Å². The average Bonchev–Trinajstić information content (AvgIpc) is 3.10. The standard InChI is InChI=1S/C22H39BN2O4.CH3ClO2S/c1-16(2)18(13-19-14-25(23(3)26)15-20(19)24)11-17-7-8-21(28-5)22(12-17)29-10-6-9-27-4;1-5(2,3)4/h7-8,12,16,18-20,26H,6,9-11,13-15,24H2,1-5H3;1H3/t18-,19+,20+;/m0./s1. The molecule has 11 heteroatoms. The summed E-state index contributed by atoms with van der Waals surface area (Å²) < 4.78 is 35.3. The van der Waals surface area contributed by atoms with Crippen molar-refractivity contribution in [3.63, 3.8) is 0 Å². The van der Waals surface area contributed by atoms with Crippen LogP contribution in [-0.2, 0) is 20.2 Å². The van der Waals surface area contributed by atoms with Crippen molar-refractivity contribution in [1.29, 1.82) is 0 Å². The molecule has 1 heterocycles.